The van der Waals surface area contributed by atoms with E-state index in [9.17, 15) is 4.39 Å². The predicted molar refractivity (Wildman–Crippen MR) is 75.4 cm³/mol. The molecule has 0 bridgehead atoms. The van der Waals surface area contributed by atoms with Gasteiger partial charge in [0, 0.05) is 12.6 Å². The Labute approximate surface area is 115 Å². The molecule has 1 aliphatic rings. The molecule has 0 aliphatic carbocycles. The zero-order chi connectivity index (χ0) is 12.3. The second-order valence-electron chi connectivity index (χ2n) is 4.97. The SMILES string of the molecule is CC(c1cccc(F)c1)N1CCCC(CN)C1.Cl. The molecule has 2 atom stereocenters. The third kappa shape index (κ3) is 3.67. The highest BCUT2D eigenvalue weighted by atomic mass is 35.5. The first kappa shape index (κ1) is 15.4. The maximum Gasteiger partial charge on any atom is 0.123 e. The molecule has 2 unspecified atom stereocenters. The third-order valence-corrected chi connectivity index (χ3v) is 3.76. The lowest BCUT2D eigenvalue weighted by Gasteiger charge is -2.36. The Kier molecular flexibility index (Phi) is 6.06. The fourth-order valence-corrected chi connectivity index (χ4v) is 2.62. The van der Waals surface area contributed by atoms with Crippen LogP contribution in [0.25, 0.3) is 0 Å². The molecule has 1 saturated heterocycles. The zero-order valence-electron chi connectivity index (χ0n) is 10.8. The second-order valence-corrected chi connectivity index (χ2v) is 4.97. The lowest BCUT2D eigenvalue weighted by molar-refractivity contribution is 0.134. The van der Waals surface area contributed by atoms with E-state index in [0.717, 1.165) is 25.2 Å². The quantitative estimate of drug-likeness (QED) is 0.917. The molecule has 0 amide bonds. The molecule has 0 aromatic heterocycles. The Balaban J connectivity index is 0.00000162. The van der Waals surface area contributed by atoms with Gasteiger partial charge in [0.25, 0.3) is 0 Å². The number of rotatable bonds is 3. The van der Waals surface area contributed by atoms with Crippen LogP contribution < -0.4 is 5.73 Å². The van der Waals surface area contributed by atoms with Gasteiger partial charge in [-0.1, -0.05) is 12.1 Å². The van der Waals surface area contributed by atoms with E-state index >= 15 is 0 Å². The summed E-state index contributed by atoms with van der Waals surface area (Å²) in [7, 11) is 0. The van der Waals surface area contributed by atoms with Gasteiger partial charge >= 0.3 is 0 Å². The number of hydrogen-bond acceptors (Lipinski definition) is 2. The fraction of sp³-hybridized carbons (Fsp3) is 0.571. The Morgan fingerprint density at radius 1 is 1.50 bits per heavy atom. The van der Waals surface area contributed by atoms with Crippen molar-refractivity contribution in [3.05, 3.63) is 35.6 Å². The summed E-state index contributed by atoms with van der Waals surface area (Å²) in [4.78, 5) is 2.41. The molecule has 1 aromatic rings. The number of nitrogens with zero attached hydrogens (tertiary/aromatic N) is 1. The van der Waals surface area contributed by atoms with Crippen molar-refractivity contribution in [2.24, 2.45) is 11.7 Å². The van der Waals surface area contributed by atoms with Gasteiger partial charge in [0.2, 0.25) is 0 Å². The summed E-state index contributed by atoms with van der Waals surface area (Å²) in [6, 6.07) is 7.19. The summed E-state index contributed by atoms with van der Waals surface area (Å²) < 4.78 is 13.2. The average molecular weight is 273 g/mol. The van der Waals surface area contributed by atoms with E-state index in [1.54, 1.807) is 12.1 Å². The number of piperidine rings is 1. The van der Waals surface area contributed by atoms with Gasteiger partial charge in [-0.2, -0.15) is 0 Å². The third-order valence-electron chi connectivity index (χ3n) is 3.76. The molecule has 18 heavy (non-hydrogen) atoms. The fourth-order valence-electron chi connectivity index (χ4n) is 2.62. The molecule has 0 saturated carbocycles. The van der Waals surface area contributed by atoms with E-state index in [2.05, 4.69) is 11.8 Å². The molecule has 1 aliphatic heterocycles. The molecule has 102 valence electrons. The number of halogens is 2. The molecule has 1 heterocycles. The normalized spacial score (nSPS) is 22.3. The summed E-state index contributed by atoms with van der Waals surface area (Å²) in [6.07, 6.45) is 2.42. The molecule has 1 fully saturated rings. The molecule has 2 rings (SSSR count). The van der Waals surface area contributed by atoms with Crippen LogP contribution in [0.5, 0.6) is 0 Å². The first-order chi connectivity index (χ1) is 8.20. The highest BCUT2D eigenvalue weighted by molar-refractivity contribution is 5.85. The number of hydrogen-bond donors (Lipinski definition) is 1. The van der Waals surface area contributed by atoms with Crippen molar-refractivity contribution in [2.75, 3.05) is 19.6 Å². The van der Waals surface area contributed by atoms with Gasteiger partial charge in [-0.15, -0.1) is 12.4 Å². The maximum atomic E-state index is 13.2. The monoisotopic (exact) mass is 272 g/mol. The lowest BCUT2D eigenvalue weighted by atomic mass is 9.95. The summed E-state index contributed by atoms with van der Waals surface area (Å²) in [6.45, 7) is 5.03. The van der Waals surface area contributed by atoms with Gasteiger partial charge in [-0.05, 0) is 56.5 Å². The van der Waals surface area contributed by atoms with Gasteiger partial charge in [-0.3, -0.25) is 4.90 Å². The van der Waals surface area contributed by atoms with Crippen molar-refractivity contribution >= 4 is 12.4 Å². The van der Waals surface area contributed by atoms with E-state index in [0.29, 0.717) is 5.92 Å². The highest BCUT2D eigenvalue weighted by Gasteiger charge is 2.23. The average Bonchev–Trinajstić information content (AvgIpc) is 2.38. The number of benzene rings is 1. The maximum absolute atomic E-state index is 13.2. The smallest absolute Gasteiger partial charge is 0.123 e. The van der Waals surface area contributed by atoms with E-state index < -0.39 is 0 Å². The van der Waals surface area contributed by atoms with Crippen LogP contribution in [0.4, 0.5) is 4.39 Å². The van der Waals surface area contributed by atoms with Crippen molar-refractivity contribution < 1.29 is 4.39 Å². The van der Waals surface area contributed by atoms with Crippen molar-refractivity contribution in [3.63, 3.8) is 0 Å². The van der Waals surface area contributed by atoms with Crippen molar-refractivity contribution in [3.8, 4) is 0 Å². The Hall–Kier alpha value is -0.640. The zero-order valence-corrected chi connectivity index (χ0v) is 11.6. The molecule has 2 nitrogen and oxygen atoms in total. The van der Waals surface area contributed by atoms with Crippen LogP contribution in [0.1, 0.15) is 31.4 Å². The van der Waals surface area contributed by atoms with Crippen LogP contribution in [-0.2, 0) is 0 Å². The Bertz CT molecular complexity index is 373. The first-order valence-electron chi connectivity index (χ1n) is 6.40. The summed E-state index contributed by atoms with van der Waals surface area (Å²) >= 11 is 0. The number of nitrogens with two attached hydrogens (primary N) is 1. The Morgan fingerprint density at radius 2 is 2.28 bits per heavy atom. The van der Waals surface area contributed by atoms with Gasteiger partial charge in [0.05, 0.1) is 0 Å². The van der Waals surface area contributed by atoms with Crippen LogP contribution in [0, 0.1) is 11.7 Å². The summed E-state index contributed by atoms with van der Waals surface area (Å²) in [5, 5.41) is 0. The van der Waals surface area contributed by atoms with Crippen LogP contribution in [0.2, 0.25) is 0 Å². The van der Waals surface area contributed by atoms with E-state index in [1.807, 2.05) is 6.07 Å². The topological polar surface area (TPSA) is 29.3 Å². The predicted octanol–water partition coefficient (Wildman–Crippen LogP) is 2.98. The second kappa shape index (κ2) is 7.07. The van der Waals surface area contributed by atoms with Gasteiger partial charge in [0.1, 0.15) is 5.82 Å². The van der Waals surface area contributed by atoms with Crippen molar-refractivity contribution in [1.29, 1.82) is 0 Å². The molecule has 1 aromatic carbocycles. The molecule has 4 heteroatoms. The molecule has 0 radical (unpaired) electrons. The molecule has 2 N–H and O–H groups in total. The minimum atomic E-state index is -0.151. The minimum Gasteiger partial charge on any atom is -0.330 e. The highest BCUT2D eigenvalue weighted by Crippen LogP contribution is 2.26. The largest absolute Gasteiger partial charge is 0.330 e. The minimum absolute atomic E-state index is 0. The summed E-state index contributed by atoms with van der Waals surface area (Å²) in [5.41, 5.74) is 6.80. The lowest BCUT2D eigenvalue weighted by Crippen LogP contribution is -2.39. The standard InChI is InChI=1S/C14H21FN2.ClH/c1-11(13-5-2-6-14(15)8-13)17-7-3-4-12(9-16)10-17;/h2,5-6,8,11-12H,3-4,7,9-10,16H2,1H3;1H. The number of likely N-dealkylation sites (tertiary alicyclic amines) is 1. The Morgan fingerprint density at radius 3 is 2.94 bits per heavy atom. The van der Waals surface area contributed by atoms with Gasteiger partial charge in [-0.25, -0.2) is 4.39 Å². The molecular formula is C14H22ClFN2. The molecular weight excluding hydrogens is 251 g/mol. The molecule has 0 spiro atoms. The van der Waals surface area contributed by atoms with Crippen molar-refractivity contribution in [2.45, 2.75) is 25.8 Å². The van der Waals surface area contributed by atoms with Crippen LogP contribution >= 0.6 is 12.4 Å². The van der Waals surface area contributed by atoms with Crippen LogP contribution in [-0.4, -0.2) is 24.5 Å². The van der Waals surface area contributed by atoms with Crippen molar-refractivity contribution in [1.82, 2.24) is 4.90 Å². The van der Waals surface area contributed by atoms with Gasteiger partial charge in [0.15, 0.2) is 0 Å². The van der Waals surface area contributed by atoms with E-state index in [-0.39, 0.29) is 24.3 Å². The van der Waals surface area contributed by atoms with Crippen LogP contribution in [0.15, 0.2) is 24.3 Å². The summed E-state index contributed by atoms with van der Waals surface area (Å²) in [5.74, 6) is 0.446. The van der Waals surface area contributed by atoms with Crippen LogP contribution in [0.3, 0.4) is 0 Å². The van der Waals surface area contributed by atoms with Gasteiger partial charge < -0.3 is 5.73 Å². The first-order valence-corrected chi connectivity index (χ1v) is 6.40. The van der Waals surface area contributed by atoms with E-state index in [1.165, 1.54) is 18.9 Å². The van der Waals surface area contributed by atoms with E-state index in [4.69, 9.17) is 5.73 Å².